The van der Waals surface area contributed by atoms with Crippen LogP contribution in [-0.4, -0.2) is 37.1 Å². The van der Waals surface area contributed by atoms with Gasteiger partial charge in [-0.1, -0.05) is 25.1 Å². The van der Waals surface area contributed by atoms with E-state index in [-0.39, 0.29) is 11.9 Å². The van der Waals surface area contributed by atoms with Gasteiger partial charge in [-0.3, -0.25) is 9.69 Å². The molecule has 1 saturated heterocycles. The van der Waals surface area contributed by atoms with Gasteiger partial charge < -0.3 is 14.8 Å². The fourth-order valence-electron chi connectivity index (χ4n) is 3.99. The molecule has 2 aromatic carbocycles. The molecule has 0 unspecified atom stereocenters. The highest BCUT2D eigenvalue weighted by Crippen LogP contribution is 2.37. The van der Waals surface area contributed by atoms with E-state index in [9.17, 15) is 4.79 Å². The summed E-state index contributed by atoms with van der Waals surface area (Å²) in [5, 5.41) is 3.03. The van der Waals surface area contributed by atoms with Crippen LogP contribution in [0, 0.1) is 0 Å². The van der Waals surface area contributed by atoms with Crippen molar-refractivity contribution in [3.8, 4) is 11.5 Å². The van der Waals surface area contributed by atoms with Crippen LogP contribution in [0.25, 0.3) is 0 Å². The molecule has 1 fully saturated rings. The number of hydrogen-bond donors (Lipinski definition) is 1. The standard InChI is InChI=1S/C23H28N2O3/c1-2-17-6-9-19(10-7-17)24-23(26)16-25-12-3-5-20(25)18-8-11-21-22(15-18)28-14-4-13-27-21/h6-11,15,20H,2-5,12-14,16H2,1H3,(H,24,26)/t20-/m0/s1. The molecular formula is C23H28N2O3. The second-order valence-electron chi connectivity index (χ2n) is 7.48. The summed E-state index contributed by atoms with van der Waals surface area (Å²) in [4.78, 5) is 14.8. The zero-order valence-corrected chi connectivity index (χ0v) is 16.4. The number of anilines is 1. The van der Waals surface area contributed by atoms with Crippen LogP contribution in [0.2, 0.25) is 0 Å². The van der Waals surface area contributed by atoms with Gasteiger partial charge in [-0.25, -0.2) is 0 Å². The fraction of sp³-hybridized carbons (Fsp3) is 0.435. The van der Waals surface area contributed by atoms with Crippen molar-refractivity contribution in [2.75, 3.05) is 31.6 Å². The summed E-state index contributed by atoms with van der Waals surface area (Å²) in [6, 6.07) is 14.5. The number of rotatable bonds is 5. The number of amides is 1. The number of fused-ring (bicyclic) bond motifs is 1. The van der Waals surface area contributed by atoms with E-state index in [1.165, 1.54) is 11.1 Å². The van der Waals surface area contributed by atoms with Gasteiger partial charge in [0.05, 0.1) is 19.8 Å². The molecule has 0 aromatic heterocycles. The Labute approximate surface area is 166 Å². The third kappa shape index (κ3) is 4.30. The number of likely N-dealkylation sites (tertiary alicyclic amines) is 1. The quantitative estimate of drug-likeness (QED) is 0.845. The summed E-state index contributed by atoms with van der Waals surface area (Å²) < 4.78 is 11.6. The molecule has 1 amide bonds. The second kappa shape index (κ2) is 8.65. The molecule has 1 atom stereocenters. The average molecular weight is 380 g/mol. The minimum Gasteiger partial charge on any atom is -0.490 e. The third-order valence-electron chi connectivity index (χ3n) is 5.51. The van der Waals surface area contributed by atoms with E-state index in [1.54, 1.807) is 0 Å². The Morgan fingerprint density at radius 2 is 1.86 bits per heavy atom. The van der Waals surface area contributed by atoms with E-state index in [4.69, 9.17) is 9.47 Å². The summed E-state index contributed by atoms with van der Waals surface area (Å²) in [5.74, 6) is 1.67. The summed E-state index contributed by atoms with van der Waals surface area (Å²) in [7, 11) is 0. The zero-order valence-electron chi connectivity index (χ0n) is 16.4. The van der Waals surface area contributed by atoms with Crippen LogP contribution in [0.1, 0.15) is 43.4 Å². The zero-order chi connectivity index (χ0) is 19.3. The molecule has 0 aliphatic carbocycles. The van der Waals surface area contributed by atoms with E-state index >= 15 is 0 Å². The van der Waals surface area contributed by atoms with E-state index in [1.807, 2.05) is 18.2 Å². The SMILES string of the molecule is CCc1ccc(NC(=O)CN2CCC[C@H]2c2ccc3c(c2)OCCCO3)cc1. The van der Waals surface area contributed by atoms with Crippen LogP contribution in [0.3, 0.4) is 0 Å². The Kier molecular flexibility index (Phi) is 5.81. The highest BCUT2D eigenvalue weighted by molar-refractivity contribution is 5.92. The predicted molar refractivity (Wildman–Crippen MR) is 110 cm³/mol. The van der Waals surface area contributed by atoms with Crippen molar-refractivity contribution in [1.82, 2.24) is 4.90 Å². The summed E-state index contributed by atoms with van der Waals surface area (Å²) in [6.45, 7) is 4.84. The fourth-order valence-corrected chi connectivity index (χ4v) is 3.99. The van der Waals surface area contributed by atoms with Crippen LogP contribution >= 0.6 is 0 Å². The van der Waals surface area contributed by atoms with E-state index < -0.39 is 0 Å². The first-order chi connectivity index (χ1) is 13.7. The number of nitrogens with zero attached hydrogens (tertiary/aromatic N) is 1. The van der Waals surface area contributed by atoms with Gasteiger partial charge in [0.15, 0.2) is 11.5 Å². The molecule has 2 aliphatic rings. The first kappa shape index (κ1) is 18.8. The molecule has 0 bridgehead atoms. The van der Waals surface area contributed by atoms with Crippen molar-refractivity contribution < 1.29 is 14.3 Å². The first-order valence-electron chi connectivity index (χ1n) is 10.3. The Bertz CT molecular complexity index is 819. The molecule has 0 spiro atoms. The van der Waals surface area contributed by atoms with E-state index in [2.05, 4.69) is 41.4 Å². The van der Waals surface area contributed by atoms with Crippen molar-refractivity contribution in [2.24, 2.45) is 0 Å². The normalized spacial score (nSPS) is 19.2. The smallest absolute Gasteiger partial charge is 0.238 e. The molecule has 5 heteroatoms. The number of ether oxygens (including phenoxy) is 2. The number of aryl methyl sites for hydroxylation is 1. The molecule has 0 radical (unpaired) electrons. The monoisotopic (exact) mass is 380 g/mol. The van der Waals surface area contributed by atoms with E-state index in [0.717, 1.165) is 49.4 Å². The van der Waals surface area contributed by atoms with Crippen molar-refractivity contribution in [1.29, 1.82) is 0 Å². The molecule has 4 rings (SSSR count). The number of hydrogen-bond acceptors (Lipinski definition) is 4. The largest absolute Gasteiger partial charge is 0.490 e. The van der Waals surface area contributed by atoms with Crippen molar-refractivity contribution in [3.05, 3.63) is 53.6 Å². The Balaban J connectivity index is 1.41. The number of benzene rings is 2. The highest BCUT2D eigenvalue weighted by atomic mass is 16.5. The van der Waals surface area contributed by atoms with Crippen molar-refractivity contribution in [3.63, 3.8) is 0 Å². The van der Waals surface area contributed by atoms with Gasteiger partial charge in [0.1, 0.15) is 0 Å². The van der Waals surface area contributed by atoms with Crippen LogP contribution in [-0.2, 0) is 11.2 Å². The first-order valence-corrected chi connectivity index (χ1v) is 10.3. The lowest BCUT2D eigenvalue weighted by Crippen LogP contribution is -2.32. The lowest BCUT2D eigenvalue weighted by molar-refractivity contribution is -0.117. The molecule has 1 N–H and O–H groups in total. The predicted octanol–water partition coefficient (Wildman–Crippen LogP) is 4.19. The highest BCUT2D eigenvalue weighted by Gasteiger charge is 2.28. The minimum absolute atomic E-state index is 0.0329. The lowest BCUT2D eigenvalue weighted by atomic mass is 10.0. The second-order valence-corrected chi connectivity index (χ2v) is 7.48. The Hall–Kier alpha value is -2.53. The van der Waals surface area contributed by atoms with Gasteiger partial charge in [0, 0.05) is 18.2 Å². The topological polar surface area (TPSA) is 50.8 Å². The summed E-state index contributed by atoms with van der Waals surface area (Å²) in [5.41, 5.74) is 3.32. The van der Waals surface area contributed by atoms with Crippen LogP contribution in [0.5, 0.6) is 11.5 Å². The molecule has 5 nitrogen and oxygen atoms in total. The molecule has 148 valence electrons. The minimum atomic E-state index is 0.0329. The lowest BCUT2D eigenvalue weighted by Gasteiger charge is -2.25. The molecular weight excluding hydrogens is 352 g/mol. The maximum Gasteiger partial charge on any atom is 0.238 e. The molecule has 28 heavy (non-hydrogen) atoms. The van der Waals surface area contributed by atoms with Gasteiger partial charge in [-0.15, -0.1) is 0 Å². The van der Waals surface area contributed by atoms with Crippen LogP contribution < -0.4 is 14.8 Å². The summed E-state index contributed by atoms with van der Waals surface area (Å²) in [6.07, 6.45) is 4.05. The van der Waals surface area contributed by atoms with Gasteiger partial charge in [0.25, 0.3) is 0 Å². The maximum absolute atomic E-state index is 12.6. The van der Waals surface area contributed by atoms with Crippen molar-refractivity contribution in [2.45, 2.75) is 38.6 Å². The van der Waals surface area contributed by atoms with Gasteiger partial charge in [-0.05, 0) is 61.2 Å². The van der Waals surface area contributed by atoms with Crippen LogP contribution in [0.15, 0.2) is 42.5 Å². The molecule has 0 saturated carbocycles. The molecule has 2 heterocycles. The number of nitrogens with one attached hydrogen (secondary N) is 1. The van der Waals surface area contributed by atoms with Crippen LogP contribution in [0.4, 0.5) is 5.69 Å². The Morgan fingerprint density at radius 3 is 2.64 bits per heavy atom. The number of carbonyl (C=O) groups excluding carboxylic acids is 1. The third-order valence-corrected chi connectivity index (χ3v) is 5.51. The molecule has 2 aliphatic heterocycles. The van der Waals surface area contributed by atoms with Gasteiger partial charge >= 0.3 is 0 Å². The molecule has 2 aromatic rings. The van der Waals surface area contributed by atoms with Crippen molar-refractivity contribution >= 4 is 11.6 Å². The average Bonchev–Trinajstić information content (AvgIpc) is 3.03. The van der Waals surface area contributed by atoms with Gasteiger partial charge in [0.2, 0.25) is 5.91 Å². The Morgan fingerprint density at radius 1 is 1.07 bits per heavy atom. The maximum atomic E-state index is 12.6. The number of carbonyl (C=O) groups is 1. The van der Waals surface area contributed by atoms with Gasteiger partial charge in [-0.2, -0.15) is 0 Å². The summed E-state index contributed by atoms with van der Waals surface area (Å²) >= 11 is 0. The van der Waals surface area contributed by atoms with E-state index in [0.29, 0.717) is 19.8 Å².